The number of ether oxygens (including phenoxy) is 3. The van der Waals surface area contributed by atoms with E-state index in [9.17, 15) is 8.78 Å². The third kappa shape index (κ3) is 5.19. The maximum absolute atomic E-state index is 12.7. The Kier molecular flexibility index (Phi) is 6.28. The molecule has 0 fully saturated rings. The molecule has 1 aromatic carbocycles. The molecule has 0 saturated carbocycles. The summed E-state index contributed by atoms with van der Waals surface area (Å²) in [6.07, 6.45) is 2.61. The van der Waals surface area contributed by atoms with E-state index in [-0.39, 0.29) is 19.1 Å². The molecule has 0 radical (unpaired) electrons. The molecule has 0 aliphatic carbocycles. The molecule has 3 rings (SSSR count). The second-order valence-electron chi connectivity index (χ2n) is 5.66. The first-order valence-electron chi connectivity index (χ1n) is 8.28. The van der Waals surface area contributed by atoms with E-state index in [0.29, 0.717) is 29.6 Å². The van der Waals surface area contributed by atoms with Gasteiger partial charge in [0.1, 0.15) is 5.75 Å². The summed E-state index contributed by atoms with van der Waals surface area (Å²) in [7, 11) is 1.64. The maximum Gasteiger partial charge on any atom is 0.387 e. The molecule has 1 aromatic heterocycles. The van der Waals surface area contributed by atoms with Crippen LogP contribution in [0.1, 0.15) is 15.4 Å². The number of halogens is 2. The second kappa shape index (κ2) is 8.85. The Morgan fingerprint density at radius 3 is 2.78 bits per heavy atom. The van der Waals surface area contributed by atoms with E-state index >= 15 is 0 Å². The molecular formula is C17H20F2N4O3S. The lowest BCUT2D eigenvalue weighted by Gasteiger charge is -2.15. The van der Waals surface area contributed by atoms with Crippen LogP contribution >= 0.6 is 11.3 Å². The lowest BCUT2D eigenvalue weighted by molar-refractivity contribution is -0.0505. The molecule has 0 unspecified atom stereocenters. The van der Waals surface area contributed by atoms with Crippen molar-refractivity contribution in [2.45, 2.75) is 26.5 Å². The predicted molar refractivity (Wildman–Crippen MR) is 98.0 cm³/mol. The number of nitrogens with one attached hydrogen (secondary N) is 2. The van der Waals surface area contributed by atoms with Crippen LogP contribution < -0.4 is 24.8 Å². The van der Waals surface area contributed by atoms with Gasteiger partial charge in [0.2, 0.25) is 6.79 Å². The highest BCUT2D eigenvalue weighted by atomic mass is 32.1. The molecule has 1 aliphatic rings. The first-order valence-corrected chi connectivity index (χ1v) is 9.10. The molecule has 27 heavy (non-hydrogen) atoms. The normalized spacial score (nSPS) is 13.1. The van der Waals surface area contributed by atoms with Crippen molar-refractivity contribution in [2.75, 3.05) is 20.4 Å². The van der Waals surface area contributed by atoms with Crippen LogP contribution in [-0.2, 0) is 13.0 Å². The average molecular weight is 398 g/mol. The van der Waals surface area contributed by atoms with Gasteiger partial charge in [-0.25, -0.2) is 4.98 Å². The summed E-state index contributed by atoms with van der Waals surface area (Å²) >= 11 is 1.65. The number of fused-ring (bicyclic) bond motifs is 1. The summed E-state index contributed by atoms with van der Waals surface area (Å²) in [5.74, 6) is 1.46. The van der Waals surface area contributed by atoms with Crippen molar-refractivity contribution in [3.63, 3.8) is 0 Å². The fourth-order valence-electron chi connectivity index (χ4n) is 2.51. The van der Waals surface area contributed by atoms with Crippen LogP contribution in [0.5, 0.6) is 17.2 Å². The van der Waals surface area contributed by atoms with Crippen molar-refractivity contribution in [1.82, 2.24) is 15.6 Å². The van der Waals surface area contributed by atoms with E-state index < -0.39 is 6.61 Å². The Hall–Kier alpha value is -2.62. The molecule has 146 valence electrons. The Balaban J connectivity index is 1.58. The van der Waals surface area contributed by atoms with Crippen LogP contribution in [-0.4, -0.2) is 37.9 Å². The average Bonchev–Trinajstić information content (AvgIpc) is 3.25. The van der Waals surface area contributed by atoms with Gasteiger partial charge < -0.3 is 24.8 Å². The van der Waals surface area contributed by atoms with Crippen molar-refractivity contribution in [2.24, 2.45) is 4.99 Å². The summed E-state index contributed by atoms with van der Waals surface area (Å²) in [6.45, 7) is 0.0191. The fraction of sp³-hybridized carbons (Fsp3) is 0.412. The third-order valence-electron chi connectivity index (χ3n) is 3.74. The van der Waals surface area contributed by atoms with Crippen LogP contribution in [0.15, 0.2) is 23.3 Å². The summed E-state index contributed by atoms with van der Waals surface area (Å²) in [5.41, 5.74) is 0.512. The number of aliphatic imine (C=N–C) groups is 1. The smallest absolute Gasteiger partial charge is 0.387 e. The van der Waals surface area contributed by atoms with Gasteiger partial charge in [0.25, 0.3) is 0 Å². The number of alkyl halides is 2. The van der Waals surface area contributed by atoms with E-state index in [1.54, 1.807) is 24.5 Å². The highest BCUT2D eigenvalue weighted by Gasteiger charge is 2.20. The molecule has 0 spiro atoms. The van der Waals surface area contributed by atoms with Crippen LogP contribution in [0.2, 0.25) is 0 Å². The number of guanidine groups is 1. The molecule has 0 amide bonds. The second-order valence-corrected chi connectivity index (χ2v) is 6.98. The van der Waals surface area contributed by atoms with Crippen LogP contribution in [0.4, 0.5) is 8.78 Å². The maximum atomic E-state index is 12.7. The molecule has 2 N–H and O–H groups in total. The lowest BCUT2D eigenvalue weighted by Crippen LogP contribution is -2.37. The van der Waals surface area contributed by atoms with Gasteiger partial charge in [-0.15, -0.1) is 11.3 Å². The van der Waals surface area contributed by atoms with E-state index in [0.717, 1.165) is 11.4 Å². The van der Waals surface area contributed by atoms with E-state index in [1.807, 2.05) is 13.1 Å². The summed E-state index contributed by atoms with van der Waals surface area (Å²) in [6, 6.07) is 3.03. The van der Waals surface area contributed by atoms with Crippen molar-refractivity contribution in [3.8, 4) is 17.2 Å². The monoisotopic (exact) mass is 398 g/mol. The van der Waals surface area contributed by atoms with Crippen LogP contribution in [0.3, 0.4) is 0 Å². The first kappa shape index (κ1) is 19.2. The minimum absolute atomic E-state index is 0.0375. The first-order chi connectivity index (χ1) is 13.0. The molecule has 10 heteroatoms. The van der Waals surface area contributed by atoms with Gasteiger partial charge in [-0.2, -0.15) is 8.78 Å². The van der Waals surface area contributed by atoms with Crippen molar-refractivity contribution in [3.05, 3.63) is 33.8 Å². The van der Waals surface area contributed by atoms with Crippen molar-refractivity contribution in [1.29, 1.82) is 0 Å². The van der Waals surface area contributed by atoms with E-state index in [2.05, 4.69) is 25.3 Å². The Morgan fingerprint density at radius 2 is 2.11 bits per heavy atom. The fourth-order valence-corrected chi connectivity index (χ4v) is 3.30. The number of aromatic nitrogens is 1. The number of rotatable bonds is 7. The topological polar surface area (TPSA) is 77.0 Å². The quantitative estimate of drug-likeness (QED) is 0.552. The van der Waals surface area contributed by atoms with Gasteiger partial charge in [-0.3, -0.25) is 4.99 Å². The molecule has 2 heterocycles. The van der Waals surface area contributed by atoms with Gasteiger partial charge in [-0.1, -0.05) is 0 Å². The highest BCUT2D eigenvalue weighted by molar-refractivity contribution is 7.11. The molecule has 7 nitrogen and oxygen atoms in total. The van der Waals surface area contributed by atoms with Crippen LogP contribution in [0, 0.1) is 6.92 Å². The number of hydrogen-bond acceptors (Lipinski definition) is 6. The Bertz CT molecular complexity index is 813. The summed E-state index contributed by atoms with van der Waals surface area (Å²) in [5, 5.41) is 7.29. The van der Waals surface area contributed by atoms with Crippen molar-refractivity contribution >= 4 is 17.3 Å². The molecule has 0 bridgehead atoms. The zero-order chi connectivity index (χ0) is 19.2. The molecule has 0 atom stereocenters. The van der Waals surface area contributed by atoms with E-state index in [1.165, 1.54) is 10.9 Å². The Labute approximate surface area is 159 Å². The standard InChI is InChI=1S/C17H20F2N4O3S/c1-10-7-22-15(27-10)3-4-21-17(20-2)23-8-11-5-13-14(25-9-24-13)6-12(11)26-16(18)19/h5-7,16H,3-4,8-9H2,1-2H3,(H2,20,21,23). The number of benzene rings is 1. The third-order valence-corrected chi connectivity index (χ3v) is 4.71. The SMILES string of the molecule is CN=C(NCCc1ncc(C)s1)NCc1cc2c(cc1OC(F)F)OCO2. The number of hydrogen-bond donors (Lipinski definition) is 2. The molecule has 1 aliphatic heterocycles. The van der Waals surface area contributed by atoms with E-state index in [4.69, 9.17) is 9.47 Å². The van der Waals surface area contributed by atoms with Gasteiger partial charge in [0.05, 0.1) is 5.01 Å². The van der Waals surface area contributed by atoms with Gasteiger partial charge in [-0.05, 0) is 13.0 Å². The number of aryl methyl sites for hydroxylation is 1. The largest absolute Gasteiger partial charge is 0.454 e. The summed E-state index contributed by atoms with van der Waals surface area (Å²) in [4.78, 5) is 9.61. The minimum Gasteiger partial charge on any atom is -0.454 e. The molecule has 2 aromatic rings. The predicted octanol–water partition coefficient (Wildman–Crippen LogP) is 2.69. The Morgan fingerprint density at radius 1 is 1.33 bits per heavy atom. The van der Waals surface area contributed by atoms with Crippen molar-refractivity contribution < 1.29 is 23.0 Å². The molecule has 0 saturated heterocycles. The molecular weight excluding hydrogens is 378 g/mol. The van der Waals surface area contributed by atoms with Crippen LogP contribution in [0.25, 0.3) is 0 Å². The number of thiazole rings is 1. The summed E-state index contributed by atoms with van der Waals surface area (Å²) < 4.78 is 40.5. The van der Waals surface area contributed by atoms with Gasteiger partial charge >= 0.3 is 6.61 Å². The highest BCUT2D eigenvalue weighted by Crippen LogP contribution is 2.38. The zero-order valence-electron chi connectivity index (χ0n) is 14.9. The lowest BCUT2D eigenvalue weighted by atomic mass is 10.1. The zero-order valence-corrected chi connectivity index (χ0v) is 15.7. The van der Waals surface area contributed by atoms with Gasteiger partial charge in [0.15, 0.2) is 17.5 Å². The van der Waals surface area contributed by atoms with Gasteiger partial charge in [0, 0.05) is 49.3 Å². The number of nitrogens with zero attached hydrogens (tertiary/aromatic N) is 2. The minimum atomic E-state index is -2.93.